The lowest BCUT2D eigenvalue weighted by Crippen LogP contribution is -2.32. The average Bonchev–Trinajstić information content (AvgIpc) is 3.66. The summed E-state index contributed by atoms with van der Waals surface area (Å²) in [5.74, 6) is -0.487. The first kappa shape index (κ1) is 27.9. The summed E-state index contributed by atoms with van der Waals surface area (Å²) in [5.41, 5.74) is 3.54. The van der Waals surface area contributed by atoms with Crippen LogP contribution < -0.4 is 15.0 Å². The van der Waals surface area contributed by atoms with Crippen LogP contribution in [-0.4, -0.2) is 45.1 Å². The summed E-state index contributed by atoms with van der Waals surface area (Å²) >= 11 is 2.84. The Labute approximate surface area is 260 Å². The minimum atomic E-state index is -1.04. The van der Waals surface area contributed by atoms with Crippen molar-refractivity contribution in [3.8, 4) is 5.75 Å². The lowest BCUT2D eigenvalue weighted by atomic mass is 9.94. The van der Waals surface area contributed by atoms with E-state index in [0.29, 0.717) is 53.2 Å². The van der Waals surface area contributed by atoms with Crippen LogP contribution in [0.3, 0.4) is 0 Å². The molecule has 0 saturated carbocycles. The fraction of sp³-hybridized carbons (Fsp3) is 0.182. The third-order valence-electron chi connectivity index (χ3n) is 7.62. The highest BCUT2D eigenvalue weighted by molar-refractivity contribution is 7.22. The Morgan fingerprint density at radius 3 is 2.80 bits per heavy atom. The second kappa shape index (κ2) is 12.0. The van der Waals surface area contributed by atoms with E-state index in [4.69, 9.17) is 4.74 Å². The van der Waals surface area contributed by atoms with Crippen LogP contribution in [0.1, 0.15) is 43.3 Å². The van der Waals surface area contributed by atoms with Gasteiger partial charge in [-0.25, -0.2) is 14.8 Å². The zero-order chi connectivity index (χ0) is 30.0. The highest BCUT2D eigenvalue weighted by Gasteiger charge is 2.26. The van der Waals surface area contributed by atoms with Gasteiger partial charge in [-0.15, -0.1) is 11.3 Å². The van der Waals surface area contributed by atoms with Gasteiger partial charge in [0.15, 0.2) is 16.0 Å². The number of benzene rings is 3. The van der Waals surface area contributed by atoms with Crippen LogP contribution in [0.4, 0.5) is 10.3 Å². The Morgan fingerprint density at radius 2 is 1.91 bits per heavy atom. The Morgan fingerprint density at radius 1 is 1.00 bits per heavy atom. The van der Waals surface area contributed by atoms with Gasteiger partial charge >= 0.3 is 5.97 Å². The number of hydrogen-bond acceptors (Lipinski definition) is 9. The number of para-hydroxylation sites is 1. The van der Waals surface area contributed by atoms with Crippen molar-refractivity contribution in [3.63, 3.8) is 0 Å². The molecule has 0 atom stereocenters. The molecule has 0 unspecified atom stereocenters. The number of carbonyl (C=O) groups is 2. The fourth-order valence-corrected chi connectivity index (χ4v) is 7.41. The van der Waals surface area contributed by atoms with Gasteiger partial charge in [0.2, 0.25) is 0 Å². The number of rotatable bonds is 9. The minimum Gasteiger partial charge on any atom is -0.494 e. The van der Waals surface area contributed by atoms with Crippen LogP contribution in [0.5, 0.6) is 5.75 Å². The summed E-state index contributed by atoms with van der Waals surface area (Å²) in [6.45, 7) is 1.60. The molecule has 1 aliphatic rings. The molecule has 44 heavy (non-hydrogen) atoms. The van der Waals surface area contributed by atoms with E-state index in [1.54, 1.807) is 6.20 Å². The number of aromatic nitrogens is 3. The molecule has 11 heteroatoms. The van der Waals surface area contributed by atoms with Crippen molar-refractivity contribution >= 4 is 65.8 Å². The molecular weight excluding hydrogens is 595 g/mol. The maximum Gasteiger partial charge on any atom is 0.355 e. The van der Waals surface area contributed by atoms with Crippen LogP contribution in [0, 0.1) is 0 Å². The van der Waals surface area contributed by atoms with E-state index in [1.807, 2.05) is 72.9 Å². The number of ether oxygens (including phenoxy) is 1. The van der Waals surface area contributed by atoms with Crippen molar-refractivity contribution in [2.45, 2.75) is 25.8 Å². The molecule has 0 fully saturated rings. The molecule has 0 saturated heterocycles. The predicted molar refractivity (Wildman–Crippen MR) is 173 cm³/mol. The second-order valence-corrected chi connectivity index (χ2v) is 12.6. The van der Waals surface area contributed by atoms with E-state index in [2.05, 4.69) is 25.2 Å². The maximum atomic E-state index is 13.4. The number of nitrogens with zero attached hydrogens (tertiary/aromatic N) is 4. The maximum absolute atomic E-state index is 13.4. The normalized spacial score (nSPS) is 12.8. The summed E-state index contributed by atoms with van der Waals surface area (Å²) < 4.78 is 6.97. The first-order valence-electron chi connectivity index (χ1n) is 14.2. The van der Waals surface area contributed by atoms with Crippen molar-refractivity contribution in [3.05, 3.63) is 106 Å². The van der Waals surface area contributed by atoms with Gasteiger partial charge in [-0.3, -0.25) is 15.1 Å². The van der Waals surface area contributed by atoms with Crippen molar-refractivity contribution in [2.75, 3.05) is 23.4 Å². The number of thiazole rings is 2. The van der Waals surface area contributed by atoms with Gasteiger partial charge in [0, 0.05) is 41.3 Å². The summed E-state index contributed by atoms with van der Waals surface area (Å²) in [6, 6.07) is 21.4. The van der Waals surface area contributed by atoms with E-state index in [1.165, 1.54) is 22.7 Å². The number of carboxylic acids is 1. The summed E-state index contributed by atoms with van der Waals surface area (Å²) in [6.07, 6.45) is 5.48. The molecule has 7 rings (SSSR count). The lowest BCUT2D eigenvalue weighted by Gasteiger charge is -2.29. The molecule has 4 heterocycles. The zero-order valence-electron chi connectivity index (χ0n) is 23.5. The average molecular weight is 622 g/mol. The third-order valence-corrected chi connectivity index (χ3v) is 9.75. The molecule has 1 aliphatic heterocycles. The standard InChI is InChI=1S/C33H27N5O4S2/c39-30(37-32-35-26-7-1-2-8-27(26)43-32)24-6-3-5-20-13-15-38(19-25(20)24)33-36-29(31(40)41)28(44-33)9-4-16-42-23-11-10-22-18-34-14-12-21(22)17-23/h1-3,5-8,10-12,14,17-18H,4,9,13,15-16,19H2,(H,40,41)(H,35,37,39). The monoisotopic (exact) mass is 621 g/mol. The van der Waals surface area contributed by atoms with Crippen LogP contribution in [-0.2, 0) is 19.4 Å². The van der Waals surface area contributed by atoms with Crippen LogP contribution in [0.2, 0.25) is 0 Å². The van der Waals surface area contributed by atoms with E-state index >= 15 is 0 Å². The number of pyridine rings is 1. The number of nitrogens with one attached hydrogen (secondary N) is 1. The predicted octanol–water partition coefficient (Wildman–Crippen LogP) is 6.83. The minimum absolute atomic E-state index is 0.0795. The third kappa shape index (κ3) is 5.71. The largest absolute Gasteiger partial charge is 0.494 e. The molecule has 9 nitrogen and oxygen atoms in total. The highest BCUT2D eigenvalue weighted by atomic mass is 32.1. The number of fused-ring (bicyclic) bond motifs is 3. The molecular formula is C33H27N5O4S2. The summed E-state index contributed by atoms with van der Waals surface area (Å²) in [5, 5.41) is 16.2. The molecule has 1 amide bonds. The Balaban J connectivity index is 1.04. The Bertz CT molecular complexity index is 1990. The molecule has 3 aromatic heterocycles. The lowest BCUT2D eigenvalue weighted by molar-refractivity contribution is 0.0690. The van der Waals surface area contributed by atoms with Gasteiger partial charge in [0.25, 0.3) is 5.91 Å². The number of hydrogen-bond donors (Lipinski definition) is 2. The Kier molecular flexibility index (Phi) is 7.63. The second-order valence-electron chi connectivity index (χ2n) is 10.5. The van der Waals surface area contributed by atoms with Crippen LogP contribution in [0.15, 0.2) is 79.1 Å². The van der Waals surface area contributed by atoms with Crippen LogP contribution >= 0.6 is 22.7 Å². The van der Waals surface area contributed by atoms with Gasteiger partial charge in [-0.2, -0.15) is 0 Å². The summed E-state index contributed by atoms with van der Waals surface area (Å²) in [7, 11) is 0. The van der Waals surface area contributed by atoms with E-state index in [-0.39, 0.29) is 11.6 Å². The molecule has 0 spiro atoms. The van der Waals surface area contributed by atoms with E-state index in [9.17, 15) is 14.7 Å². The van der Waals surface area contributed by atoms with Crippen molar-refractivity contribution in [1.29, 1.82) is 0 Å². The molecule has 0 bridgehead atoms. The van der Waals surface area contributed by atoms with E-state index in [0.717, 1.165) is 44.3 Å². The number of carboxylic acid groups (broad SMARTS) is 1. The number of aryl methyl sites for hydroxylation is 1. The molecule has 0 aliphatic carbocycles. The van der Waals surface area contributed by atoms with Crippen LogP contribution in [0.25, 0.3) is 21.0 Å². The number of anilines is 2. The van der Waals surface area contributed by atoms with Gasteiger partial charge in [-0.1, -0.05) is 35.6 Å². The number of aromatic carboxylic acids is 1. The SMILES string of the molecule is O=C(Nc1nc2ccccc2s1)c1cccc2c1CN(c1nc(C(=O)O)c(CCCOc3ccc4cnccc4c3)s1)CC2. The number of carbonyl (C=O) groups excluding carboxylic acids is 1. The molecule has 6 aromatic rings. The fourth-order valence-electron chi connectivity index (χ4n) is 5.43. The first-order chi connectivity index (χ1) is 21.5. The van der Waals surface area contributed by atoms with Gasteiger partial charge in [0.1, 0.15) is 5.75 Å². The van der Waals surface area contributed by atoms with Crippen molar-refractivity contribution in [1.82, 2.24) is 15.0 Å². The van der Waals surface area contributed by atoms with Gasteiger partial charge in [0.05, 0.1) is 16.8 Å². The highest BCUT2D eigenvalue weighted by Crippen LogP contribution is 2.33. The zero-order valence-corrected chi connectivity index (χ0v) is 25.2. The summed E-state index contributed by atoms with van der Waals surface area (Å²) in [4.78, 5) is 41.5. The Hall–Kier alpha value is -4.87. The van der Waals surface area contributed by atoms with Crippen molar-refractivity contribution < 1.29 is 19.4 Å². The quantitative estimate of drug-likeness (QED) is 0.169. The molecule has 3 aromatic carbocycles. The molecule has 220 valence electrons. The van der Waals surface area contributed by atoms with Crippen molar-refractivity contribution in [2.24, 2.45) is 0 Å². The van der Waals surface area contributed by atoms with E-state index < -0.39 is 5.97 Å². The molecule has 2 N–H and O–H groups in total. The smallest absolute Gasteiger partial charge is 0.355 e. The number of amides is 1. The van der Waals surface area contributed by atoms with Gasteiger partial charge in [-0.05, 0) is 78.2 Å². The first-order valence-corrected chi connectivity index (χ1v) is 15.9. The molecule has 0 radical (unpaired) electrons. The van der Waals surface area contributed by atoms with Gasteiger partial charge < -0.3 is 14.7 Å². The topological polar surface area (TPSA) is 118 Å².